The number of rotatable bonds is 7. The van der Waals surface area contributed by atoms with Gasteiger partial charge in [-0.2, -0.15) is 0 Å². The van der Waals surface area contributed by atoms with Gasteiger partial charge in [-0.05, 0) is 31.9 Å². The maximum atomic E-state index is 12.5. The molecule has 0 bridgehead atoms. The Hall–Kier alpha value is -2.32. The first kappa shape index (κ1) is 22.0. The number of esters is 1. The van der Waals surface area contributed by atoms with Gasteiger partial charge < -0.3 is 15.4 Å². The summed E-state index contributed by atoms with van der Waals surface area (Å²) in [6, 6.07) is 4.05. The quantitative estimate of drug-likeness (QED) is 0.511. The maximum Gasteiger partial charge on any atom is 0.327 e. The molecule has 2 N–H and O–H groups in total. The van der Waals surface area contributed by atoms with Crippen LogP contribution < -0.4 is 10.6 Å². The molecule has 2 rings (SSSR count). The van der Waals surface area contributed by atoms with Crippen LogP contribution in [0.3, 0.4) is 0 Å². The Morgan fingerprint density at radius 2 is 1.89 bits per heavy atom. The third-order valence-corrected chi connectivity index (χ3v) is 5.45. The van der Waals surface area contributed by atoms with E-state index >= 15 is 0 Å². The van der Waals surface area contributed by atoms with E-state index in [1.54, 1.807) is 32.0 Å². The van der Waals surface area contributed by atoms with Crippen LogP contribution in [0.4, 0.5) is 10.5 Å². The first-order chi connectivity index (χ1) is 13.1. The van der Waals surface area contributed by atoms with Crippen molar-refractivity contribution < 1.29 is 23.9 Å². The Labute approximate surface area is 172 Å². The van der Waals surface area contributed by atoms with Gasteiger partial charge in [0.1, 0.15) is 12.1 Å². The minimum absolute atomic E-state index is 0.158. The van der Waals surface area contributed by atoms with Crippen LogP contribution in [-0.4, -0.2) is 46.9 Å². The Morgan fingerprint density at radius 1 is 1.25 bits per heavy atom. The van der Waals surface area contributed by atoms with E-state index in [4.69, 9.17) is 27.9 Å². The second-order valence-electron chi connectivity index (χ2n) is 6.33. The highest BCUT2D eigenvalue weighted by molar-refractivity contribution is 6.44. The molecule has 0 radical (unpaired) electrons. The van der Waals surface area contributed by atoms with Crippen LogP contribution in [0, 0.1) is 0 Å². The maximum absolute atomic E-state index is 12.5. The fourth-order valence-electron chi connectivity index (χ4n) is 2.80. The molecule has 1 aromatic rings. The number of benzene rings is 1. The van der Waals surface area contributed by atoms with E-state index in [1.807, 2.05) is 0 Å². The molecule has 1 aliphatic heterocycles. The summed E-state index contributed by atoms with van der Waals surface area (Å²) in [5.41, 5.74) is -0.740. The number of carbonyl (C=O) groups excluding carboxylic acids is 4. The number of carbonyl (C=O) groups is 4. The predicted molar refractivity (Wildman–Crippen MR) is 104 cm³/mol. The van der Waals surface area contributed by atoms with Gasteiger partial charge in [0.25, 0.3) is 11.8 Å². The fourth-order valence-corrected chi connectivity index (χ4v) is 3.15. The highest BCUT2D eigenvalue weighted by atomic mass is 35.5. The number of amides is 4. The van der Waals surface area contributed by atoms with Crippen molar-refractivity contribution in [3.8, 4) is 0 Å². The molecule has 1 unspecified atom stereocenters. The van der Waals surface area contributed by atoms with Crippen molar-refractivity contribution in [2.45, 2.75) is 45.3 Å². The molecule has 4 amide bonds. The number of imide groups is 1. The van der Waals surface area contributed by atoms with Gasteiger partial charge in [-0.1, -0.05) is 43.1 Å². The first-order valence-corrected chi connectivity index (χ1v) is 9.49. The fraction of sp³-hybridized carbons (Fsp3) is 0.444. The van der Waals surface area contributed by atoms with Crippen molar-refractivity contribution in [1.82, 2.24) is 10.2 Å². The summed E-state index contributed by atoms with van der Waals surface area (Å²) >= 11 is 11.9. The lowest BCUT2D eigenvalue weighted by atomic mass is 9.93. The molecule has 28 heavy (non-hydrogen) atoms. The number of urea groups is 1. The van der Waals surface area contributed by atoms with Crippen LogP contribution >= 0.6 is 23.2 Å². The molecule has 1 fully saturated rings. The van der Waals surface area contributed by atoms with Gasteiger partial charge in [-0.15, -0.1) is 0 Å². The van der Waals surface area contributed by atoms with Crippen LogP contribution in [0.1, 0.15) is 33.6 Å². The number of halogens is 2. The topological polar surface area (TPSA) is 105 Å². The average molecular weight is 430 g/mol. The molecule has 1 heterocycles. The number of hydrogen-bond acceptors (Lipinski definition) is 5. The van der Waals surface area contributed by atoms with E-state index in [2.05, 4.69) is 10.6 Å². The summed E-state index contributed by atoms with van der Waals surface area (Å²) in [5, 5.41) is 5.54. The van der Waals surface area contributed by atoms with Gasteiger partial charge in [-0.25, -0.2) is 4.79 Å². The Bertz CT molecular complexity index is 810. The molecule has 1 atom stereocenters. The summed E-state index contributed by atoms with van der Waals surface area (Å²) in [4.78, 5) is 49.7. The molecule has 0 saturated carbocycles. The smallest absolute Gasteiger partial charge is 0.327 e. The number of ether oxygens (including phenoxy) is 1. The zero-order valence-electron chi connectivity index (χ0n) is 15.7. The molecule has 1 aliphatic rings. The summed E-state index contributed by atoms with van der Waals surface area (Å²) < 4.78 is 5.05. The van der Waals surface area contributed by atoms with E-state index < -0.39 is 42.0 Å². The predicted octanol–water partition coefficient (Wildman–Crippen LogP) is 2.97. The molecular formula is C18H21Cl2N3O5. The average Bonchev–Trinajstić information content (AvgIpc) is 2.89. The normalized spacial score (nSPS) is 16.5. The summed E-state index contributed by atoms with van der Waals surface area (Å²) in [6.07, 6.45) is -0.372. The van der Waals surface area contributed by atoms with Crippen LogP contribution in [0.5, 0.6) is 0 Å². The third kappa shape index (κ3) is 4.39. The molecule has 8 nitrogen and oxygen atoms in total. The van der Waals surface area contributed by atoms with Crippen molar-refractivity contribution in [3.05, 3.63) is 28.2 Å². The Balaban J connectivity index is 1.97. The van der Waals surface area contributed by atoms with Gasteiger partial charge in [0, 0.05) is 0 Å². The monoisotopic (exact) mass is 429 g/mol. The van der Waals surface area contributed by atoms with Gasteiger partial charge in [0.2, 0.25) is 0 Å². The van der Waals surface area contributed by atoms with Crippen LogP contribution in [-0.2, 0) is 19.1 Å². The minimum atomic E-state index is -1.18. The molecule has 1 saturated heterocycles. The van der Waals surface area contributed by atoms with Gasteiger partial charge in [0.05, 0.1) is 15.7 Å². The van der Waals surface area contributed by atoms with Crippen LogP contribution in [0.2, 0.25) is 10.0 Å². The van der Waals surface area contributed by atoms with E-state index in [9.17, 15) is 19.2 Å². The number of anilines is 1. The van der Waals surface area contributed by atoms with Gasteiger partial charge in [0.15, 0.2) is 6.10 Å². The van der Waals surface area contributed by atoms with Crippen molar-refractivity contribution in [3.63, 3.8) is 0 Å². The second kappa shape index (κ2) is 8.79. The van der Waals surface area contributed by atoms with Gasteiger partial charge in [-0.3, -0.25) is 19.3 Å². The molecule has 10 heteroatoms. The zero-order chi connectivity index (χ0) is 21.1. The van der Waals surface area contributed by atoms with E-state index in [-0.39, 0.29) is 15.7 Å². The van der Waals surface area contributed by atoms with Crippen molar-refractivity contribution in [2.75, 3.05) is 11.9 Å². The van der Waals surface area contributed by atoms with Crippen LogP contribution in [0.15, 0.2) is 18.2 Å². The van der Waals surface area contributed by atoms with Crippen molar-refractivity contribution in [2.24, 2.45) is 0 Å². The first-order valence-electron chi connectivity index (χ1n) is 8.73. The highest BCUT2D eigenvalue weighted by Crippen LogP contribution is 2.29. The lowest BCUT2D eigenvalue weighted by molar-refractivity contribution is -0.155. The van der Waals surface area contributed by atoms with Crippen molar-refractivity contribution in [1.29, 1.82) is 0 Å². The molecule has 0 spiro atoms. The number of hydrogen-bond donors (Lipinski definition) is 2. The summed E-state index contributed by atoms with van der Waals surface area (Å²) in [7, 11) is 0. The van der Waals surface area contributed by atoms with E-state index in [0.29, 0.717) is 12.8 Å². The van der Waals surface area contributed by atoms with E-state index in [0.717, 1.165) is 4.90 Å². The standard InChI is InChI=1S/C18H21Cl2N3O5/c1-4-18(5-2)16(26)23(17(27)22-18)9-13(24)28-10(3)15(25)21-12-8-6-7-11(19)14(12)20/h6-8,10H,4-5,9H2,1-3H3,(H,21,25)(H,22,27). The summed E-state index contributed by atoms with van der Waals surface area (Å²) in [6.45, 7) is 4.33. The molecule has 1 aromatic carbocycles. The molecule has 0 aromatic heterocycles. The third-order valence-electron chi connectivity index (χ3n) is 4.63. The molecule has 152 valence electrons. The van der Waals surface area contributed by atoms with Gasteiger partial charge >= 0.3 is 12.0 Å². The van der Waals surface area contributed by atoms with Crippen molar-refractivity contribution >= 4 is 52.7 Å². The number of nitrogens with one attached hydrogen (secondary N) is 2. The molecule has 0 aliphatic carbocycles. The molecular weight excluding hydrogens is 409 g/mol. The lowest BCUT2D eigenvalue weighted by Crippen LogP contribution is -2.46. The summed E-state index contributed by atoms with van der Waals surface area (Å²) in [5.74, 6) is -2.00. The largest absolute Gasteiger partial charge is 0.451 e. The van der Waals surface area contributed by atoms with E-state index in [1.165, 1.54) is 6.92 Å². The minimum Gasteiger partial charge on any atom is -0.451 e. The Morgan fingerprint density at radius 3 is 2.46 bits per heavy atom. The van der Waals surface area contributed by atoms with Crippen LogP contribution in [0.25, 0.3) is 0 Å². The lowest BCUT2D eigenvalue weighted by Gasteiger charge is -2.23. The SMILES string of the molecule is CCC1(CC)NC(=O)N(CC(=O)OC(C)C(=O)Nc2cccc(Cl)c2Cl)C1=O. The Kier molecular flexibility index (Phi) is 6.90. The zero-order valence-corrected chi connectivity index (χ0v) is 17.2. The highest BCUT2D eigenvalue weighted by Gasteiger charge is 2.49. The second-order valence-corrected chi connectivity index (χ2v) is 7.12. The number of nitrogens with zero attached hydrogens (tertiary/aromatic N) is 1.